The van der Waals surface area contributed by atoms with Crippen LogP contribution in [0.1, 0.15) is 6.42 Å². The first-order chi connectivity index (χ1) is 12.0. The molecule has 0 bridgehead atoms. The SMILES string of the molecule is Cn1c(=O)cc(NCCNCCCOc2ccc(Cl)cc2O)[nH]c1=O. The van der Waals surface area contributed by atoms with Crippen LogP contribution in [0.5, 0.6) is 11.5 Å². The molecular weight excluding hydrogens is 348 g/mol. The molecule has 2 rings (SSSR count). The second kappa shape index (κ2) is 9.14. The predicted molar refractivity (Wildman–Crippen MR) is 96.9 cm³/mol. The highest BCUT2D eigenvalue weighted by Crippen LogP contribution is 2.28. The van der Waals surface area contributed by atoms with Crippen LogP contribution in [-0.4, -0.2) is 40.9 Å². The van der Waals surface area contributed by atoms with Crippen LogP contribution in [0.4, 0.5) is 5.82 Å². The largest absolute Gasteiger partial charge is 0.504 e. The first kappa shape index (κ1) is 18.9. The summed E-state index contributed by atoms with van der Waals surface area (Å²) in [7, 11) is 1.42. The molecule has 0 aliphatic carbocycles. The molecule has 0 fully saturated rings. The second-order valence-corrected chi connectivity index (χ2v) is 5.81. The summed E-state index contributed by atoms with van der Waals surface area (Å²) in [5.74, 6) is 0.824. The van der Waals surface area contributed by atoms with Gasteiger partial charge in [-0.15, -0.1) is 0 Å². The van der Waals surface area contributed by atoms with Crippen molar-refractivity contribution in [1.29, 1.82) is 0 Å². The number of H-pyrrole nitrogens is 1. The van der Waals surface area contributed by atoms with Crippen molar-refractivity contribution in [2.24, 2.45) is 7.05 Å². The number of aromatic hydroxyl groups is 1. The van der Waals surface area contributed by atoms with E-state index >= 15 is 0 Å². The van der Waals surface area contributed by atoms with Gasteiger partial charge in [0.05, 0.1) is 6.61 Å². The van der Waals surface area contributed by atoms with Gasteiger partial charge in [-0.05, 0) is 25.1 Å². The number of anilines is 1. The molecule has 0 aliphatic heterocycles. The number of benzene rings is 1. The van der Waals surface area contributed by atoms with Gasteiger partial charge >= 0.3 is 5.69 Å². The Morgan fingerprint density at radius 2 is 2.04 bits per heavy atom. The van der Waals surface area contributed by atoms with E-state index in [0.717, 1.165) is 17.5 Å². The Morgan fingerprint density at radius 1 is 1.24 bits per heavy atom. The van der Waals surface area contributed by atoms with Crippen LogP contribution in [-0.2, 0) is 7.05 Å². The number of hydrogen-bond donors (Lipinski definition) is 4. The molecule has 1 aromatic heterocycles. The van der Waals surface area contributed by atoms with Gasteiger partial charge in [0.2, 0.25) is 0 Å². The molecule has 0 amide bonds. The van der Waals surface area contributed by atoms with E-state index in [2.05, 4.69) is 15.6 Å². The molecule has 0 spiro atoms. The summed E-state index contributed by atoms with van der Waals surface area (Å²) in [6.07, 6.45) is 0.755. The van der Waals surface area contributed by atoms with Crippen LogP contribution in [0.3, 0.4) is 0 Å². The van der Waals surface area contributed by atoms with Crippen LogP contribution in [0.15, 0.2) is 33.9 Å². The maximum Gasteiger partial charge on any atom is 0.329 e. The van der Waals surface area contributed by atoms with Gasteiger partial charge in [-0.2, -0.15) is 0 Å². The van der Waals surface area contributed by atoms with E-state index in [1.165, 1.54) is 19.2 Å². The molecule has 9 heteroatoms. The molecule has 25 heavy (non-hydrogen) atoms. The lowest BCUT2D eigenvalue weighted by Gasteiger charge is -2.10. The van der Waals surface area contributed by atoms with Crippen LogP contribution >= 0.6 is 11.6 Å². The Morgan fingerprint density at radius 3 is 2.76 bits per heavy atom. The lowest BCUT2D eigenvalue weighted by Crippen LogP contribution is -2.33. The van der Waals surface area contributed by atoms with E-state index in [1.54, 1.807) is 12.1 Å². The van der Waals surface area contributed by atoms with Crippen molar-refractivity contribution in [1.82, 2.24) is 14.9 Å². The number of phenols is 1. The number of phenolic OH excluding ortho intramolecular Hbond substituents is 1. The normalized spacial score (nSPS) is 10.6. The Labute approximate surface area is 149 Å². The Bertz CT molecular complexity index is 787. The van der Waals surface area contributed by atoms with Crippen molar-refractivity contribution >= 4 is 17.4 Å². The Kier molecular flexibility index (Phi) is 6.91. The number of ether oxygens (including phenoxy) is 1. The minimum Gasteiger partial charge on any atom is -0.504 e. The molecule has 136 valence electrons. The minimum absolute atomic E-state index is 0.0210. The van der Waals surface area contributed by atoms with Crippen molar-refractivity contribution in [3.8, 4) is 11.5 Å². The quantitative estimate of drug-likeness (QED) is 0.490. The number of halogens is 1. The van der Waals surface area contributed by atoms with Crippen LogP contribution in [0.25, 0.3) is 0 Å². The highest BCUT2D eigenvalue weighted by Gasteiger charge is 2.02. The van der Waals surface area contributed by atoms with E-state index in [4.69, 9.17) is 16.3 Å². The first-order valence-electron chi connectivity index (χ1n) is 7.83. The highest BCUT2D eigenvalue weighted by atomic mass is 35.5. The maximum atomic E-state index is 11.5. The molecule has 1 heterocycles. The predicted octanol–water partition coefficient (Wildman–Crippen LogP) is 0.903. The van der Waals surface area contributed by atoms with Crippen molar-refractivity contribution in [3.05, 3.63) is 50.1 Å². The van der Waals surface area contributed by atoms with Crippen molar-refractivity contribution in [2.45, 2.75) is 6.42 Å². The molecular formula is C16H21ClN4O4. The lowest BCUT2D eigenvalue weighted by atomic mass is 10.3. The van der Waals surface area contributed by atoms with Crippen LogP contribution < -0.4 is 26.6 Å². The van der Waals surface area contributed by atoms with Gasteiger partial charge < -0.3 is 20.5 Å². The molecule has 0 unspecified atom stereocenters. The second-order valence-electron chi connectivity index (χ2n) is 5.38. The van der Waals surface area contributed by atoms with Gasteiger partial charge in [0.1, 0.15) is 5.82 Å². The number of aromatic nitrogens is 2. The molecule has 8 nitrogen and oxygen atoms in total. The summed E-state index contributed by atoms with van der Waals surface area (Å²) < 4.78 is 6.47. The lowest BCUT2D eigenvalue weighted by molar-refractivity contribution is 0.292. The van der Waals surface area contributed by atoms with E-state index in [1.807, 2.05) is 0 Å². The average molecular weight is 369 g/mol. The molecule has 2 aromatic rings. The van der Waals surface area contributed by atoms with E-state index in [0.29, 0.717) is 36.3 Å². The van der Waals surface area contributed by atoms with Crippen molar-refractivity contribution in [3.63, 3.8) is 0 Å². The fourth-order valence-corrected chi connectivity index (χ4v) is 2.22. The third-order valence-corrected chi connectivity index (χ3v) is 3.67. The fraction of sp³-hybridized carbons (Fsp3) is 0.375. The summed E-state index contributed by atoms with van der Waals surface area (Å²) in [5, 5.41) is 16.3. The standard InChI is InChI=1S/C16H21ClN4O4/c1-21-15(23)10-14(20-16(21)24)19-7-6-18-5-2-8-25-13-4-3-11(17)9-12(13)22/h3-4,9-10,18-19,22H,2,5-8H2,1H3,(H,20,24). The topological polar surface area (TPSA) is 108 Å². The number of nitrogens with one attached hydrogen (secondary N) is 3. The number of nitrogens with zero attached hydrogens (tertiary/aromatic N) is 1. The summed E-state index contributed by atoms with van der Waals surface area (Å²) in [6, 6.07) is 6.05. The fourth-order valence-electron chi connectivity index (χ4n) is 2.05. The smallest absolute Gasteiger partial charge is 0.329 e. The first-order valence-corrected chi connectivity index (χ1v) is 8.21. The highest BCUT2D eigenvalue weighted by molar-refractivity contribution is 6.30. The van der Waals surface area contributed by atoms with Gasteiger partial charge in [0.15, 0.2) is 11.5 Å². The minimum atomic E-state index is -0.453. The van der Waals surface area contributed by atoms with Crippen LogP contribution in [0, 0.1) is 0 Å². The number of rotatable bonds is 9. The average Bonchev–Trinajstić information content (AvgIpc) is 2.56. The zero-order valence-corrected chi connectivity index (χ0v) is 14.6. The summed E-state index contributed by atoms with van der Waals surface area (Å²) in [6.45, 7) is 2.39. The molecule has 4 N–H and O–H groups in total. The number of aromatic amines is 1. The Hall–Kier alpha value is -2.45. The third kappa shape index (κ3) is 5.84. The Balaban J connectivity index is 1.59. The monoisotopic (exact) mass is 368 g/mol. The van der Waals surface area contributed by atoms with Crippen molar-refractivity contribution < 1.29 is 9.84 Å². The van der Waals surface area contributed by atoms with Gasteiger partial charge in [0, 0.05) is 37.3 Å². The van der Waals surface area contributed by atoms with E-state index in [9.17, 15) is 14.7 Å². The molecule has 0 atom stereocenters. The summed E-state index contributed by atoms with van der Waals surface area (Å²) in [5.41, 5.74) is -0.813. The molecule has 0 radical (unpaired) electrons. The third-order valence-electron chi connectivity index (χ3n) is 3.44. The molecule has 0 aliphatic rings. The summed E-state index contributed by atoms with van der Waals surface area (Å²) >= 11 is 5.75. The maximum absolute atomic E-state index is 11.5. The van der Waals surface area contributed by atoms with E-state index in [-0.39, 0.29) is 11.3 Å². The molecule has 0 saturated carbocycles. The van der Waals surface area contributed by atoms with Gasteiger partial charge in [-0.3, -0.25) is 14.3 Å². The molecule has 0 saturated heterocycles. The molecule has 1 aromatic carbocycles. The van der Waals surface area contributed by atoms with Crippen LogP contribution in [0.2, 0.25) is 5.02 Å². The van der Waals surface area contributed by atoms with Crippen molar-refractivity contribution in [2.75, 3.05) is 31.6 Å². The van der Waals surface area contributed by atoms with Gasteiger partial charge in [-0.25, -0.2) is 4.79 Å². The zero-order chi connectivity index (χ0) is 18.2. The van der Waals surface area contributed by atoms with E-state index < -0.39 is 5.69 Å². The summed E-state index contributed by atoms with van der Waals surface area (Å²) in [4.78, 5) is 25.5. The van der Waals surface area contributed by atoms with Gasteiger partial charge in [0.25, 0.3) is 5.56 Å². The zero-order valence-electron chi connectivity index (χ0n) is 13.8. The number of hydrogen-bond acceptors (Lipinski definition) is 6. The van der Waals surface area contributed by atoms with Gasteiger partial charge in [-0.1, -0.05) is 11.6 Å².